The van der Waals surface area contributed by atoms with Crippen LogP contribution < -0.4 is 41.0 Å². The van der Waals surface area contributed by atoms with Gasteiger partial charge in [-0.05, 0) is 35.4 Å². The van der Waals surface area contributed by atoms with Gasteiger partial charge in [0.1, 0.15) is 0 Å². The molecule has 4 N–H and O–H groups in total. The van der Waals surface area contributed by atoms with E-state index < -0.39 is 15.8 Å². The Morgan fingerprint density at radius 3 is 1.32 bits per heavy atom. The molecule has 0 amide bonds. The van der Waals surface area contributed by atoms with E-state index in [0.29, 0.717) is 13.6 Å². The first-order valence-corrected chi connectivity index (χ1v) is 23.6. The molecule has 4 aromatic carbocycles. The van der Waals surface area contributed by atoms with E-state index in [1.807, 2.05) is 72.8 Å². The molecule has 2 aliphatic rings. The second-order valence-corrected chi connectivity index (χ2v) is 18.5. The van der Waals surface area contributed by atoms with Crippen molar-refractivity contribution in [3.8, 4) is 23.0 Å². The fourth-order valence-corrected chi connectivity index (χ4v) is 7.73. The molecule has 2 aliphatic heterocycles. The zero-order valence-electron chi connectivity index (χ0n) is 25.3. The van der Waals surface area contributed by atoms with E-state index in [-0.39, 0.29) is 27.2 Å². The van der Waals surface area contributed by atoms with E-state index in [1.165, 1.54) is 21.7 Å². The van der Waals surface area contributed by atoms with Gasteiger partial charge in [0.15, 0.2) is 23.0 Å². The standard InChI is InChI=1S/C19H22O4P2.C14H16N2.2ClH.Ru/c1-24(2)16-7-5-14-18(22-10-20-14)12(16)9-13-17(25(3)4)8-6-15-19(13)23-11-21-15;15-13(11-7-3-1-4-8-11)14(16)12-9-5-2-6-10-12;;;/h5-8H,9-11H2,1-4H3;1-10,13-14H,15-16H2;2*1H;/q;;;;+4. The molecule has 0 bridgehead atoms. The fraction of sp³-hybridized carbons (Fsp3) is 0.273. The molecule has 0 saturated carbocycles. The van der Waals surface area contributed by atoms with Gasteiger partial charge in [0.05, 0.1) is 37.3 Å². The van der Waals surface area contributed by atoms with Gasteiger partial charge in [0.2, 0.25) is 13.6 Å². The SMILES string of the molecule is C[PH+](C)c1ccc2c(c1Cc1c([PH+](C)C)ccc3c1OCO3)OCO2.NC(c1ccccc1)C(N)c1ccccc1.[Cl][Ru+2][Cl]. The van der Waals surface area contributed by atoms with Gasteiger partial charge in [-0.2, -0.15) is 0 Å². The summed E-state index contributed by atoms with van der Waals surface area (Å²) in [5, 5.41) is 2.80. The number of fused-ring (bicyclic) bond motifs is 2. The van der Waals surface area contributed by atoms with E-state index >= 15 is 0 Å². The Bertz CT molecular complexity index is 1390. The van der Waals surface area contributed by atoms with Crippen LogP contribution >= 0.6 is 35.2 Å². The van der Waals surface area contributed by atoms with Crippen LogP contribution in [-0.4, -0.2) is 40.2 Å². The molecule has 2 atom stereocenters. The number of halogens is 2. The van der Waals surface area contributed by atoms with Crippen LogP contribution in [0.25, 0.3) is 0 Å². The summed E-state index contributed by atoms with van der Waals surface area (Å²) in [7, 11) is 8.45. The van der Waals surface area contributed by atoms with Crippen molar-refractivity contribution < 1.29 is 34.1 Å². The molecule has 0 spiro atoms. The molecule has 234 valence electrons. The predicted octanol–water partition coefficient (Wildman–Crippen LogP) is 6.70. The average Bonchev–Trinajstić information content (AvgIpc) is 3.72. The first-order valence-electron chi connectivity index (χ1n) is 14.2. The molecule has 0 saturated heterocycles. The van der Waals surface area contributed by atoms with Crippen molar-refractivity contribution in [3.63, 3.8) is 0 Å². The number of ether oxygens (including phenoxy) is 4. The van der Waals surface area contributed by atoms with Crippen LogP contribution in [0.4, 0.5) is 0 Å². The fourth-order valence-electron chi connectivity index (χ4n) is 5.29. The normalized spacial score (nSPS) is 14.0. The molecule has 4 aromatic rings. The third kappa shape index (κ3) is 8.65. The van der Waals surface area contributed by atoms with E-state index in [1.54, 1.807) is 0 Å². The van der Waals surface area contributed by atoms with Gasteiger partial charge in [-0.1, -0.05) is 60.7 Å². The monoisotopic (exact) mass is 762 g/mol. The van der Waals surface area contributed by atoms with Gasteiger partial charge >= 0.3 is 34.5 Å². The summed E-state index contributed by atoms with van der Waals surface area (Å²) in [6.07, 6.45) is 0.801. The summed E-state index contributed by atoms with van der Waals surface area (Å²) in [5.74, 6) is 3.53. The molecular weight excluding hydrogens is 722 g/mol. The van der Waals surface area contributed by atoms with Crippen molar-refractivity contribution in [1.82, 2.24) is 0 Å². The molecule has 2 unspecified atom stereocenters. The van der Waals surface area contributed by atoms with Gasteiger partial charge in [-0.3, -0.25) is 0 Å². The van der Waals surface area contributed by atoms with Crippen LogP contribution in [0.3, 0.4) is 0 Å². The Balaban J connectivity index is 0.000000200. The Morgan fingerprint density at radius 2 is 0.977 bits per heavy atom. The molecule has 0 aromatic heterocycles. The summed E-state index contributed by atoms with van der Waals surface area (Å²) in [6.45, 7) is 9.87. The Labute approximate surface area is 278 Å². The van der Waals surface area contributed by atoms with E-state index in [9.17, 15) is 0 Å². The van der Waals surface area contributed by atoms with Crippen LogP contribution in [0.15, 0.2) is 84.9 Å². The Morgan fingerprint density at radius 1 is 0.614 bits per heavy atom. The third-order valence-electron chi connectivity index (χ3n) is 7.47. The average molecular weight is 763 g/mol. The topological polar surface area (TPSA) is 89.0 Å². The zero-order chi connectivity index (χ0) is 31.6. The predicted molar refractivity (Wildman–Crippen MR) is 186 cm³/mol. The van der Waals surface area contributed by atoms with Gasteiger partial charge in [0, 0.05) is 45.5 Å². The molecule has 11 heteroatoms. The van der Waals surface area contributed by atoms with Gasteiger partial charge < -0.3 is 30.4 Å². The number of hydrogen-bond donors (Lipinski definition) is 2. The van der Waals surface area contributed by atoms with Crippen LogP contribution in [0, 0.1) is 0 Å². The molecular formula is C33H40Cl2N2O4P2Ru+4. The minimum atomic E-state index is -0.627. The molecule has 2 heterocycles. The number of hydrogen-bond acceptors (Lipinski definition) is 6. The number of nitrogens with two attached hydrogens (primary N) is 2. The van der Waals surface area contributed by atoms with Crippen molar-refractivity contribution in [1.29, 1.82) is 0 Å². The first-order chi connectivity index (χ1) is 21.3. The Hall–Kier alpha value is -1.94. The van der Waals surface area contributed by atoms with Crippen molar-refractivity contribution in [3.05, 3.63) is 107 Å². The van der Waals surface area contributed by atoms with Gasteiger partial charge in [0.25, 0.3) is 0 Å². The van der Waals surface area contributed by atoms with Crippen molar-refractivity contribution in [2.45, 2.75) is 18.5 Å². The summed E-state index contributed by atoms with van der Waals surface area (Å²) >= 11 is -0.346. The minimum absolute atomic E-state index is 0.163. The second kappa shape index (κ2) is 17.1. The summed E-state index contributed by atoms with van der Waals surface area (Å²) in [4.78, 5) is 0. The number of rotatable bonds is 7. The van der Waals surface area contributed by atoms with E-state index in [4.69, 9.17) is 49.8 Å². The van der Waals surface area contributed by atoms with Crippen molar-refractivity contribution >= 4 is 45.8 Å². The molecule has 0 radical (unpaired) electrons. The van der Waals surface area contributed by atoms with Gasteiger partial charge in [-0.15, -0.1) is 0 Å². The quantitative estimate of drug-likeness (QED) is 0.161. The molecule has 0 fully saturated rings. The molecule has 44 heavy (non-hydrogen) atoms. The maximum absolute atomic E-state index is 6.15. The summed E-state index contributed by atoms with van der Waals surface area (Å²) in [5.41, 5.74) is 16.9. The second-order valence-electron chi connectivity index (χ2n) is 10.8. The number of benzene rings is 4. The van der Waals surface area contributed by atoms with Crippen LogP contribution in [0.1, 0.15) is 34.3 Å². The summed E-state index contributed by atoms with van der Waals surface area (Å²) in [6, 6.07) is 28.1. The van der Waals surface area contributed by atoms with Crippen molar-refractivity contribution in [2.75, 3.05) is 40.2 Å². The molecule has 6 rings (SSSR count). The molecule has 6 nitrogen and oxygen atoms in total. The van der Waals surface area contributed by atoms with E-state index in [2.05, 4.69) is 38.8 Å². The van der Waals surface area contributed by atoms with Crippen molar-refractivity contribution in [2.24, 2.45) is 11.5 Å². The van der Waals surface area contributed by atoms with Crippen LogP contribution in [0.5, 0.6) is 23.0 Å². The maximum atomic E-state index is 6.15. The molecule has 0 aliphatic carbocycles. The zero-order valence-corrected chi connectivity index (χ0v) is 30.5. The summed E-state index contributed by atoms with van der Waals surface area (Å²) < 4.78 is 22.9. The van der Waals surface area contributed by atoms with Crippen LogP contribution in [0.2, 0.25) is 0 Å². The third-order valence-corrected chi connectivity index (χ3v) is 10.6. The van der Waals surface area contributed by atoms with E-state index in [0.717, 1.165) is 40.5 Å². The van der Waals surface area contributed by atoms with Gasteiger partial charge in [-0.25, -0.2) is 0 Å². The first kappa shape index (κ1) is 34.9. The van der Waals surface area contributed by atoms with Crippen LogP contribution in [-0.2, 0) is 21.6 Å². The Kier molecular flexibility index (Phi) is 13.6.